The molecule has 0 fully saturated rings. The topological polar surface area (TPSA) is 65.4 Å². The lowest BCUT2D eigenvalue weighted by Gasteiger charge is -2.09. The summed E-state index contributed by atoms with van der Waals surface area (Å²) >= 11 is 3.30. The van der Waals surface area contributed by atoms with Gasteiger partial charge in [0.05, 0.1) is 31.6 Å². The zero-order chi connectivity index (χ0) is 15.5. The summed E-state index contributed by atoms with van der Waals surface area (Å²) in [6, 6.07) is 0. The van der Waals surface area contributed by atoms with Gasteiger partial charge in [-0.15, -0.1) is 6.58 Å². The third-order valence-corrected chi connectivity index (χ3v) is 3.52. The van der Waals surface area contributed by atoms with Gasteiger partial charge in [-0.05, 0) is 28.8 Å². The molecular formula is C14H22BrN3O3. The van der Waals surface area contributed by atoms with Crippen molar-refractivity contribution in [2.75, 3.05) is 38.8 Å². The molecule has 0 aliphatic carbocycles. The highest BCUT2D eigenvalue weighted by molar-refractivity contribution is 9.10. The van der Waals surface area contributed by atoms with E-state index in [9.17, 15) is 4.79 Å². The molecule has 0 saturated heterocycles. The Bertz CT molecular complexity index is 491. The van der Waals surface area contributed by atoms with Gasteiger partial charge in [-0.2, -0.15) is 5.10 Å². The van der Waals surface area contributed by atoms with Crippen LogP contribution in [-0.2, 0) is 16.0 Å². The Hall–Kier alpha value is -1.18. The Morgan fingerprint density at radius 1 is 1.43 bits per heavy atom. The maximum absolute atomic E-state index is 11.9. The predicted octanol–water partition coefficient (Wildman–Crippen LogP) is 2.05. The Kier molecular flexibility index (Phi) is 8.96. The highest BCUT2D eigenvalue weighted by atomic mass is 79.9. The van der Waals surface area contributed by atoms with Crippen molar-refractivity contribution in [3.63, 3.8) is 0 Å². The summed E-state index contributed by atoms with van der Waals surface area (Å²) in [7, 11) is 1.65. The first-order valence-corrected chi connectivity index (χ1v) is 7.67. The summed E-state index contributed by atoms with van der Waals surface area (Å²) < 4.78 is 12.1. The van der Waals surface area contributed by atoms with Gasteiger partial charge in [0.15, 0.2) is 0 Å². The monoisotopic (exact) mass is 359 g/mol. The summed E-state index contributed by atoms with van der Waals surface area (Å²) in [5, 5.41) is 7.28. The number of hydrogen-bond acceptors (Lipinski definition) is 5. The summed E-state index contributed by atoms with van der Waals surface area (Å²) in [4.78, 5) is 11.9. The summed E-state index contributed by atoms with van der Waals surface area (Å²) in [6.07, 6.45) is 5.19. The van der Waals surface area contributed by atoms with E-state index >= 15 is 0 Å². The number of aromatic nitrogens is 2. The number of hydrogen-bond donors (Lipinski definition) is 1. The molecule has 1 N–H and O–H groups in total. The van der Waals surface area contributed by atoms with Gasteiger partial charge in [0.2, 0.25) is 0 Å². The molecule has 0 spiro atoms. The lowest BCUT2D eigenvalue weighted by molar-refractivity contribution is 0.0691. The molecule has 118 valence electrons. The van der Waals surface area contributed by atoms with Crippen molar-refractivity contribution >= 4 is 21.6 Å². The van der Waals surface area contributed by atoms with Crippen molar-refractivity contribution in [1.29, 1.82) is 0 Å². The first kappa shape index (κ1) is 17.9. The van der Waals surface area contributed by atoms with E-state index in [1.165, 1.54) is 4.68 Å². The molecule has 1 rings (SSSR count). The van der Waals surface area contributed by atoms with Crippen LogP contribution in [0.25, 0.3) is 0 Å². The minimum Gasteiger partial charge on any atom is -0.383 e. The van der Waals surface area contributed by atoms with E-state index in [1.807, 2.05) is 0 Å². The number of unbranched alkanes of at least 4 members (excludes halogenated alkanes) is 1. The second kappa shape index (κ2) is 10.5. The largest absolute Gasteiger partial charge is 0.383 e. The minimum atomic E-state index is -0.164. The van der Waals surface area contributed by atoms with E-state index in [4.69, 9.17) is 9.47 Å². The minimum absolute atomic E-state index is 0.164. The molecule has 7 heteroatoms. The first-order chi connectivity index (χ1) is 10.2. The van der Waals surface area contributed by atoms with Crippen molar-refractivity contribution in [2.45, 2.75) is 19.4 Å². The number of nitrogens with zero attached hydrogens (tertiary/aromatic N) is 2. The van der Waals surface area contributed by atoms with Crippen LogP contribution in [0.3, 0.4) is 0 Å². The van der Waals surface area contributed by atoms with Crippen LogP contribution >= 0.6 is 15.9 Å². The van der Waals surface area contributed by atoms with Crippen LogP contribution in [0.5, 0.6) is 0 Å². The zero-order valence-electron chi connectivity index (χ0n) is 12.3. The number of methoxy groups -OCH3 is 1. The Balaban J connectivity index is 2.31. The van der Waals surface area contributed by atoms with Gasteiger partial charge in [-0.25, -0.2) is 4.68 Å². The maximum Gasteiger partial charge on any atom is 0.283 e. The van der Waals surface area contributed by atoms with Crippen molar-refractivity contribution in [3.05, 3.63) is 33.7 Å². The molecule has 6 nitrogen and oxygen atoms in total. The number of anilines is 1. The molecular weight excluding hydrogens is 338 g/mol. The molecule has 0 aliphatic rings. The molecule has 0 aromatic carbocycles. The van der Waals surface area contributed by atoms with Crippen molar-refractivity contribution < 1.29 is 9.47 Å². The van der Waals surface area contributed by atoms with E-state index in [1.54, 1.807) is 19.4 Å². The Morgan fingerprint density at radius 3 is 2.95 bits per heavy atom. The number of rotatable bonds is 11. The number of nitrogens with one attached hydrogen (secondary N) is 1. The second-order valence-corrected chi connectivity index (χ2v) is 5.18. The fourth-order valence-corrected chi connectivity index (χ4v) is 2.08. The van der Waals surface area contributed by atoms with Crippen molar-refractivity contribution in [2.24, 2.45) is 0 Å². The van der Waals surface area contributed by atoms with Gasteiger partial charge in [0, 0.05) is 20.3 Å². The third kappa shape index (κ3) is 6.41. The van der Waals surface area contributed by atoms with Gasteiger partial charge in [-0.3, -0.25) is 4.79 Å². The summed E-state index contributed by atoms with van der Waals surface area (Å²) in [5.41, 5.74) is 0.545. The van der Waals surface area contributed by atoms with Crippen LogP contribution < -0.4 is 10.9 Å². The highest BCUT2D eigenvalue weighted by Gasteiger charge is 2.07. The lowest BCUT2D eigenvalue weighted by Crippen LogP contribution is -2.24. The molecule has 0 bridgehead atoms. The lowest BCUT2D eigenvalue weighted by atomic mass is 10.3. The zero-order valence-corrected chi connectivity index (χ0v) is 13.9. The second-order valence-electron chi connectivity index (χ2n) is 4.39. The molecule has 0 radical (unpaired) electrons. The SMILES string of the molecule is C=CCn1ncc(NCCCCOCCOC)c(Br)c1=O. The molecule has 0 unspecified atom stereocenters. The quantitative estimate of drug-likeness (QED) is 0.483. The number of halogens is 1. The normalized spacial score (nSPS) is 10.6. The molecule has 1 heterocycles. The average Bonchev–Trinajstić information content (AvgIpc) is 2.49. The van der Waals surface area contributed by atoms with E-state index in [2.05, 4.69) is 32.9 Å². The van der Waals surface area contributed by atoms with Crippen LogP contribution in [0.2, 0.25) is 0 Å². The fourth-order valence-electron chi connectivity index (χ4n) is 1.64. The van der Waals surface area contributed by atoms with Crippen molar-refractivity contribution in [3.8, 4) is 0 Å². The number of ether oxygens (including phenoxy) is 2. The average molecular weight is 360 g/mol. The van der Waals surface area contributed by atoms with E-state index in [-0.39, 0.29) is 5.56 Å². The molecule has 1 aromatic heterocycles. The van der Waals surface area contributed by atoms with Gasteiger partial charge >= 0.3 is 0 Å². The smallest absolute Gasteiger partial charge is 0.283 e. The number of allylic oxidation sites excluding steroid dienone is 1. The molecule has 0 aliphatic heterocycles. The van der Waals surface area contributed by atoms with Crippen LogP contribution in [0.15, 0.2) is 28.1 Å². The fraction of sp³-hybridized carbons (Fsp3) is 0.571. The molecule has 1 aromatic rings. The van der Waals surface area contributed by atoms with Crippen LogP contribution in [0.4, 0.5) is 5.69 Å². The van der Waals surface area contributed by atoms with E-state index in [0.717, 1.165) is 19.4 Å². The third-order valence-electron chi connectivity index (χ3n) is 2.75. The van der Waals surface area contributed by atoms with Gasteiger partial charge in [0.25, 0.3) is 5.56 Å². The standard InChI is InChI=1S/C14H22BrN3O3/c1-3-7-18-14(19)13(15)12(11-17-18)16-6-4-5-8-21-10-9-20-2/h3,11,16H,1,4-10H2,2H3. The van der Waals surface area contributed by atoms with Crippen LogP contribution in [0.1, 0.15) is 12.8 Å². The molecule has 21 heavy (non-hydrogen) atoms. The molecule has 0 atom stereocenters. The maximum atomic E-state index is 11.9. The van der Waals surface area contributed by atoms with E-state index < -0.39 is 0 Å². The van der Waals surface area contributed by atoms with Crippen LogP contribution in [0, 0.1) is 0 Å². The highest BCUT2D eigenvalue weighted by Crippen LogP contribution is 2.16. The summed E-state index contributed by atoms with van der Waals surface area (Å²) in [6.45, 7) is 6.72. The Labute approximate surface area is 133 Å². The first-order valence-electron chi connectivity index (χ1n) is 6.87. The van der Waals surface area contributed by atoms with Gasteiger partial charge in [0.1, 0.15) is 4.47 Å². The van der Waals surface area contributed by atoms with Gasteiger partial charge < -0.3 is 14.8 Å². The van der Waals surface area contributed by atoms with Crippen LogP contribution in [-0.4, -0.2) is 43.3 Å². The van der Waals surface area contributed by atoms with Gasteiger partial charge in [-0.1, -0.05) is 6.08 Å². The van der Waals surface area contributed by atoms with Crippen molar-refractivity contribution in [1.82, 2.24) is 9.78 Å². The molecule has 0 saturated carbocycles. The molecule has 0 amide bonds. The predicted molar refractivity (Wildman–Crippen MR) is 86.8 cm³/mol. The van der Waals surface area contributed by atoms with E-state index in [0.29, 0.717) is 36.5 Å². The Morgan fingerprint density at radius 2 is 2.24 bits per heavy atom. The summed E-state index contributed by atoms with van der Waals surface area (Å²) in [5.74, 6) is 0.